The number of carbonyl (C=O) groups is 2. The average molecular weight is 366 g/mol. The highest BCUT2D eigenvalue weighted by Gasteiger charge is 2.42. The molecule has 0 saturated heterocycles. The number of alkyl halides is 2. The van der Waals surface area contributed by atoms with E-state index in [1.807, 2.05) is 0 Å². The van der Waals surface area contributed by atoms with Crippen molar-refractivity contribution in [1.29, 1.82) is 0 Å². The largest absolute Gasteiger partial charge is 0.456 e. The molecule has 0 heterocycles. The lowest BCUT2D eigenvalue weighted by Crippen LogP contribution is -2.41. The molecule has 26 heavy (non-hydrogen) atoms. The molecule has 2 rings (SSSR count). The van der Waals surface area contributed by atoms with Gasteiger partial charge in [0.1, 0.15) is 16.9 Å². The number of hydrogen-bond donors (Lipinski definition) is 0. The molecule has 0 aromatic heterocycles. The Kier molecular flexibility index (Phi) is 5.84. The number of halogens is 2. The summed E-state index contributed by atoms with van der Waals surface area (Å²) in [5.74, 6) is -3.92. The second-order valence-corrected chi connectivity index (χ2v) is 7.18. The minimum absolute atomic E-state index is 0.0964. The molecule has 0 bridgehead atoms. The van der Waals surface area contributed by atoms with E-state index in [4.69, 9.17) is 9.47 Å². The van der Waals surface area contributed by atoms with Crippen LogP contribution in [0, 0.1) is 5.92 Å². The summed E-state index contributed by atoms with van der Waals surface area (Å²) in [5, 5.41) is 0. The van der Waals surface area contributed by atoms with Gasteiger partial charge in [0, 0.05) is 19.8 Å². The maximum atomic E-state index is 13.4. The summed E-state index contributed by atoms with van der Waals surface area (Å²) in [4.78, 5) is 24.0. The van der Waals surface area contributed by atoms with Gasteiger partial charge >= 0.3 is 11.9 Å². The van der Waals surface area contributed by atoms with E-state index in [1.165, 1.54) is 19.1 Å². The smallest absolute Gasteiger partial charge is 0.342 e. The zero-order valence-corrected chi connectivity index (χ0v) is 15.3. The molecule has 0 aliphatic heterocycles. The molecule has 1 aromatic carbocycles. The Bertz CT molecular complexity index is 700. The van der Waals surface area contributed by atoms with Crippen LogP contribution in [0.15, 0.2) is 24.8 Å². The van der Waals surface area contributed by atoms with Gasteiger partial charge in [0.25, 0.3) is 0 Å². The Balaban J connectivity index is 2.20. The first-order valence-electron chi connectivity index (χ1n) is 8.60. The number of ether oxygens (including phenoxy) is 2. The third kappa shape index (κ3) is 4.90. The topological polar surface area (TPSA) is 52.6 Å². The van der Waals surface area contributed by atoms with Crippen molar-refractivity contribution in [2.45, 2.75) is 58.0 Å². The van der Waals surface area contributed by atoms with Gasteiger partial charge in [-0.05, 0) is 50.3 Å². The second-order valence-electron chi connectivity index (χ2n) is 7.18. The Labute approximate surface area is 152 Å². The van der Waals surface area contributed by atoms with Crippen LogP contribution in [-0.2, 0) is 9.53 Å². The normalized spacial score (nSPS) is 17.4. The van der Waals surface area contributed by atoms with E-state index in [0.717, 1.165) is 0 Å². The molecule has 1 aliphatic carbocycles. The third-order valence-electron chi connectivity index (χ3n) is 4.77. The van der Waals surface area contributed by atoms with Gasteiger partial charge in [0.15, 0.2) is 0 Å². The number of esters is 2. The van der Waals surface area contributed by atoms with Crippen molar-refractivity contribution in [3.63, 3.8) is 0 Å². The standard InChI is InChI=1S/C20H24F2O4/c1-5-14-6-7-17(25-13(2)23)16(12-14)18(24)26-19(3,4)15-8-10-20(21,22)11-9-15/h5-7,12,15H,1,8-11H2,2-4H3. The zero-order valence-electron chi connectivity index (χ0n) is 15.3. The van der Waals surface area contributed by atoms with E-state index in [0.29, 0.717) is 5.56 Å². The van der Waals surface area contributed by atoms with Crippen molar-refractivity contribution in [2.24, 2.45) is 5.92 Å². The number of carbonyl (C=O) groups excluding carboxylic acids is 2. The van der Waals surface area contributed by atoms with Crippen LogP contribution >= 0.6 is 0 Å². The van der Waals surface area contributed by atoms with Gasteiger partial charge in [-0.1, -0.05) is 18.7 Å². The summed E-state index contributed by atoms with van der Waals surface area (Å²) in [6.45, 7) is 8.34. The lowest BCUT2D eigenvalue weighted by atomic mass is 9.77. The van der Waals surface area contributed by atoms with Crippen LogP contribution in [0.1, 0.15) is 62.4 Å². The van der Waals surface area contributed by atoms with Gasteiger partial charge in [-0.15, -0.1) is 0 Å². The molecular weight excluding hydrogens is 342 g/mol. The Morgan fingerprint density at radius 3 is 2.42 bits per heavy atom. The average Bonchev–Trinajstić information content (AvgIpc) is 2.53. The summed E-state index contributed by atoms with van der Waals surface area (Å²) >= 11 is 0. The monoisotopic (exact) mass is 366 g/mol. The zero-order chi connectivity index (χ0) is 19.5. The van der Waals surface area contributed by atoms with Gasteiger partial charge in [0.2, 0.25) is 5.92 Å². The van der Waals surface area contributed by atoms with Crippen LogP contribution < -0.4 is 4.74 Å². The van der Waals surface area contributed by atoms with E-state index in [2.05, 4.69) is 6.58 Å². The molecule has 0 atom stereocenters. The van der Waals surface area contributed by atoms with Crippen molar-refractivity contribution in [1.82, 2.24) is 0 Å². The summed E-state index contributed by atoms with van der Waals surface area (Å²) < 4.78 is 37.5. The fourth-order valence-electron chi connectivity index (χ4n) is 3.19. The Morgan fingerprint density at radius 1 is 1.27 bits per heavy atom. The third-order valence-corrected chi connectivity index (χ3v) is 4.77. The van der Waals surface area contributed by atoms with E-state index >= 15 is 0 Å². The molecular formula is C20H24F2O4. The molecule has 1 aromatic rings. The Morgan fingerprint density at radius 2 is 1.88 bits per heavy atom. The fourth-order valence-corrected chi connectivity index (χ4v) is 3.19. The molecule has 4 nitrogen and oxygen atoms in total. The molecule has 0 spiro atoms. The molecule has 0 radical (unpaired) electrons. The summed E-state index contributed by atoms with van der Waals surface area (Å²) in [6, 6.07) is 4.69. The predicted octanol–water partition coefficient (Wildman–Crippen LogP) is 5.02. The highest BCUT2D eigenvalue weighted by atomic mass is 19.3. The lowest BCUT2D eigenvalue weighted by Gasteiger charge is -2.38. The van der Waals surface area contributed by atoms with Gasteiger partial charge < -0.3 is 9.47 Å². The van der Waals surface area contributed by atoms with Crippen molar-refractivity contribution in [2.75, 3.05) is 0 Å². The van der Waals surface area contributed by atoms with E-state index in [9.17, 15) is 18.4 Å². The molecule has 6 heteroatoms. The van der Waals surface area contributed by atoms with Crippen LogP contribution in [0.4, 0.5) is 8.78 Å². The minimum Gasteiger partial charge on any atom is -0.456 e. The minimum atomic E-state index is -2.64. The van der Waals surface area contributed by atoms with Crippen molar-refractivity contribution >= 4 is 18.0 Å². The summed E-state index contributed by atoms with van der Waals surface area (Å²) in [6.07, 6.45) is 1.73. The molecule has 1 saturated carbocycles. The predicted molar refractivity (Wildman–Crippen MR) is 94.2 cm³/mol. The SMILES string of the molecule is C=Cc1ccc(OC(C)=O)c(C(=O)OC(C)(C)C2CCC(F)(F)CC2)c1. The van der Waals surface area contributed by atoms with Crippen molar-refractivity contribution < 1.29 is 27.8 Å². The fraction of sp³-hybridized carbons (Fsp3) is 0.500. The van der Waals surface area contributed by atoms with Crippen LogP contribution in [-0.4, -0.2) is 23.5 Å². The molecule has 0 amide bonds. The molecule has 0 unspecified atom stereocenters. The highest BCUT2D eigenvalue weighted by molar-refractivity contribution is 5.94. The molecule has 1 fully saturated rings. The maximum Gasteiger partial charge on any atom is 0.342 e. The van der Waals surface area contributed by atoms with Crippen LogP contribution in [0.2, 0.25) is 0 Å². The van der Waals surface area contributed by atoms with Gasteiger partial charge in [-0.25, -0.2) is 13.6 Å². The van der Waals surface area contributed by atoms with Crippen molar-refractivity contribution in [3.8, 4) is 5.75 Å². The van der Waals surface area contributed by atoms with Crippen LogP contribution in [0.25, 0.3) is 6.08 Å². The number of rotatable bonds is 5. The summed E-state index contributed by atoms with van der Waals surface area (Å²) in [7, 11) is 0. The second kappa shape index (κ2) is 7.56. The number of benzene rings is 1. The van der Waals surface area contributed by atoms with Gasteiger partial charge in [-0.3, -0.25) is 4.79 Å². The van der Waals surface area contributed by atoms with E-state index in [1.54, 1.807) is 26.0 Å². The van der Waals surface area contributed by atoms with Crippen LogP contribution in [0.3, 0.4) is 0 Å². The lowest BCUT2D eigenvalue weighted by molar-refractivity contribution is -0.131. The van der Waals surface area contributed by atoms with Gasteiger partial charge in [0.05, 0.1) is 0 Å². The quantitative estimate of drug-likeness (QED) is 0.543. The molecule has 142 valence electrons. The number of hydrogen-bond acceptors (Lipinski definition) is 4. The highest BCUT2D eigenvalue weighted by Crippen LogP contribution is 2.42. The van der Waals surface area contributed by atoms with E-state index in [-0.39, 0.29) is 42.9 Å². The van der Waals surface area contributed by atoms with Gasteiger partial charge in [-0.2, -0.15) is 0 Å². The first kappa shape index (κ1) is 20.1. The molecule has 0 N–H and O–H groups in total. The van der Waals surface area contributed by atoms with Crippen molar-refractivity contribution in [3.05, 3.63) is 35.9 Å². The molecule has 1 aliphatic rings. The summed E-state index contributed by atoms with van der Waals surface area (Å²) in [5.41, 5.74) is -0.139. The first-order chi connectivity index (χ1) is 12.0. The Hall–Kier alpha value is -2.24. The van der Waals surface area contributed by atoms with Crippen LogP contribution in [0.5, 0.6) is 5.75 Å². The van der Waals surface area contributed by atoms with E-state index < -0.39 is 23.5 Å². The first-order valence-corrected chi connectivity index (χ1v) is 8.60. The maximum absolute atomic E-state index is 13.4.